The molecule has 2 amide bonds. The number of methoxy groups -OCH3 is 1. The van der Waals surface area contributed by atoms with E-state index in [4.69, 9.17) is 4.74 Å². The zero-order valence-corrected chi connectivity index (χ0v) is 16.7. The molecular weight excluding hydrogens is 376 g/mol. The lowest BCUT2D eigenvalue weighted by Gasteiger charge is -2.16. The molecule has 1 heterocycles. The number of rotatable bonds is 7. The molecule has 3 rings (SSSR count). The molecule has 1 aromatic carbocycles. The highest BCUT2D eigenvalue weighted by atomic mass is 32.1. The summed E-state index contributed by atoms with van der Waals surface area (Å²) in [6.45, 7) is 0.121. The van der Waals surface area contributed by atoms with Gasteiger partial charge in [0.2, 0.25) is 11.8 Å². The molecule has 1 aliphatic carbocycles. The molecule has 2 N–H and O–H groups in total. The smallest absolute Gasteiger partial charge is 0.239 e. The molecule has 1 aliphatic rings. The summed E-state index contributed by atoms with van der Waals surface area (Å²) in [6, 6.07) is 9.29. The molecular formula is C20H22N4O3S. The van der Waals surface area contributed by atoms with Crippen molar-refractivity contribution in [1.29, 1.82) is 5.26 Å². The monoisotopic (exact) mass is 398 g/mol. The number of hydrogen-bond donors (Lipinski definition) is 2. The Bertz CT molecular complexity index is 932. The number of likely N-dealkylation sites (N-methyl/N-ethyl adjacent to an activating group) is 1. The van der Waals surface area contributed by atoms with Crippen LogP contribution in [0.25, 0.3) is 0 Å². The molecule has 2 aromatic rings. The second kappa shape index (κ2) is 8.87. The van der Waals surface area contributed by atoms with Gasteiger partial charge in [0.1, 0.15) is 16.8 Å². The lowest BCUT2D eigenvalue weighted by Crippen LogP contribution is -2.36. The molecule has 0 radical (unpaired) electrons. The Morgan fingerprint density at radius 3 is 2.71 bits per heavy atom. The average molecular weight is 398 g/mol. The molecule has 0 unspecified atom stereocenters. The van der Waals surface area contributed by atoms with Crippen molar-refractivity contribution in [1.82, 2.24) is 4.90 Å². The molecule has 146 valence electrons. The summed E-state index contributed by atoms with van der Waals surface area (Å²) in [4.78, 5) is 27.3. The molecule has 0 fully saturated rings. The highest BCUT2D eigenvalue weighted by molar-refractivity contribution is 7.16. The third-order valence-electron chi connectivity index (χ3n) is 4.47. The van der Waals surface area contributed by atoms with Gasteiger partial charge in [-0.2, -0.15) is 5.26 Å². The predicted octanol–water partition coefficient (Wildman–Crippen LogP) is 2.63. The van der Waals surface area contributed by atoms with Gasteiger partial charge in [0.25, 0.3) is 0 Å². The number of nitrogens with one attached hydrogen (secondary N) is 2. The Hall–Kier alpha value is -2.89. The van der Waals surface area contributed by atoms with Gasteiger partial charge in [-0.3, -0.25) is 14.5 Å². The number of aryl methyl sites for hydroxylation is 1. The number of carbonyl (C=O) groups is 2. The van der Waals surface area contributed by atoms with Crippen LogP contribution in [0.2, 0.25) is 0 Å². The fraction of sp³-hybridized carbons (Fsp3) is 0.350. The van der Waals surface area contributed by atoms with Gasteiger partial charge in [0.05, 0.1) is 25.8 Å². The fourth-order valence-corrected chi connectivity index (χ4v) is 4.48. The van der Waals surface area contributed by atoms with Crippen molar-refractivity contribution in [3.63, 3.8) is 0 Å². The number of fused-ring (bicyclic) bond motifs is 1. The Balaban J connectivity index is 1.52. The van der Waals surface area contributed by atoms with Crippen LogP contribution in [0, 0.1) is 11.3 Å². The van der Waals surface area contributed by atoms with Gasteiger partial charge in [-0.15, -0.1) is 11.3 Å². The summed E-state index contributed by atoms with van der Waals surface area (Å²) >= 11 is 1.48. The maximum absolute atomic E-state index is 12.3. The average Bonchev–Trinajstić information content (AvgIpc) is 3.21. The largest absolute Gasteiger partial charge is 0.497 e. The molecule has 8 heteroatoms. The van der Waals surface area contributed by atoms with Crippen molar-refractivity contribution in [2.45, 2.75) is 19.3 Å². The first-order chi connectivity index (χ1) is 13.5. The third-order valence-corrected chi connectivity index (χ3v) is 5.67. The number of nitriles is 1. The summed E-state index contributed by atoms with van der Waals surface area (Å²) in [6.07, 6.45) is 2.93. The van der Waals surface area contributed by atoms with Gasteiger partial charge >= 0.3 is 0 Å². The van der Waals surface area contributed by atoms with Gasteiger partial charge < -0.3 is 15.4 Å². The highest BCUT2D eigenvalue weighted by Crippen LogP contribution is 2.38. The van der Waals surface area contributed by atoms with Gasteiger partial charge in [-0.05, 0) is 44.0 Å². The molecule has 0 saturated carbocycles. The van der Waals surface area contributed by atoms with E-state index < -0.39 is 0 Å². The van der Waals surface area contributed by atoms with Gasteiger partial charge in [-0.1, -0.05) is 6.07 Å². The zero-order chi connectivity index (χ0) is 20.1. The van der Waals surface area contributed by atoms with Crippen molar-refractivity contribution in [2.75, 3.05) is 37.9 Å². The number of hydrogen-bond acceptors (Lipinski definition) is 6. The molecule has 1 aromatic heterocycles. The first kappa shape index (κ1) is 19.9. The second-order valence-corrected chi connectivity index (χ2v) is 7.78. The number of thiophene rings is 1. The first-order valence-electron chi connectivity index (χ1n) is 8.97. The van der Waals surface area contributed by atoms with E-state index >= 15 is 0 Å². The van der Waals surface area contributed by atoms with Crippen molar-refractivity contribution in [3.05, 3.63) is 40.3 Å². The Morgan fingerprint density at radius 1 is 1.25 bits per heavy atom. The molecule has 0 atom stereocenters. The molecule has 0 aliphatic heterocycles. The number of carbonyl (C=O) groups excluding carboxylic acids is 2. The van der Waals surface area contributed by atoms with Crippen LogP contribution in [0.3, 0.4) is 0 Å². The Kier molecular flexibility index (Phi) is 6.29. The van der Waals surface area contributed by atoms with Crippen molar-refractivity contribution in [3.8, 4) is 11.8 Å². The van der Waals surface area contributed by atoms with Gasteiger partial charge in [-0.25, -0.2) is 0 Å². The van der Waals surface area contributed by atoms with Crippen molar-refractivity contribution in [2.24, 2.45) is 0 Å². The molecule has 0 saturated heterocycles. The van der Waals surface area contributed by atoms with Crippen LogP contribution in [0.15, 0.2) is 24.3 Å². The lowest BCUT2D eigenvalue weighted by atomic mass is 10.1. The Morgan fingerprint density at radius 2 is 2.00 bits per heavy atom. The number of amides is 2. The van der Waals surface area contributed by atoms with E-state index in [1.165, 1.54) is 16.2 Å². The van der Waals surface area contributed by atoms with Crippen LogP contribution in [-0.4, -0.2) is 44.0 Å². The molecule has 28 heavy (non-hydrogen) atoms. The SMILES string of the molecule is COc1cccc(NC(=O)CN(C)CC(=O)Nc2sc3c(c2C#N)CCC3)c1. The summed E-state index contributed by atoms with van der Waals surface area (Å²) in [5.74, 6) is 0.186. The summed E-state index contributed by atoms with van der Waals surface area (Å²) in [5, 5.41) is 15.6. The predicted molar refractivity (Wildman–Crippen MR) is 109 cm³/mol. The second-order valence-electron chi connectivity index (χ2n) is 6.67. The summed E-state index contributed by atoms with van der Waals surface area (Å²) in [7, 11) is 3.26. The van der Waals surface area contributed by atoms with Crippen LogP contribution in [0.4, 0.5) is 10.7 Å². The zero-order valence-electron chi connectivity index (χ0n) is 15.9. The van der Waals surface area contributed by atoms with Crippen LogP contribution in [-0.2, 0) is 22.4 Å². The van der Waals surface area contributed by atoms with E-state index in [0.29, 0.717) is 22.0 Å². The van der Waals surface area contributed by atoms with Crippen molar-refractivity contribution < 1.29 is 14.3 Å². The van der Waals surface area contributed by atoms with E-state index in [-0.39, 0.29) is 24.9 Å². The first-order valence-corrected chi connectivity index (χ1v) is 9.78. The Labute approximate surface area is 167 Å². The van der Waals surface area contributed by atoms with Crippen molar-refractivity contribution >= 4 is 33.8 Å². The fourth-order valence-electron chi connectivity index (χ4n) is 3.22. The van der Waals surface area contributed by atoms with Crippen LogP contribution in [0.1, 0.15) is 22.4 Å². The van der Waals surface area contributed by atoms with E-state index in [2.05, 4.69) is 16.7 Å². The minimum atomic E-state index is -0.242. The van der Waals surface area contributed by atoms with E-state index in [1.807, 2.05) is 0 Å². The molecule has 0 spiro atoms. The molecule has 7 nitrogen and oxygen atoms in total. The molecule has 0 bridgehead atoms. The maximum Gasteiger partial charge on any atom is 0.239 e. The summed E-state index contributed by atoms with van der Waals surface area (Å²) in [5.41, 5.74) is 2.30. The minimum Gasteiger partial charge on any atom is -0.497 e. The normalized spacial score (nSPS) is 12.4. The lowest BCUT2D eigenvalue weighted by molar-refractivity contribution is -0.119. The maximum atomic E-state index is 12.3. The number of anilines is 2. The third kappa shape index (κ3) is 4.68. The highest BCUT2D eigenvalue weighted by Gasteiger charge is 2.23. The number of ether oxygens (including phenoxy) is 1. The summed E-state index contributed by atoms with van der Waals surface area (Å²) < 4.78 is 5.13. The topological polar surface area (TPSA) is 94.5 Å². The minimum absolute atomic E-state index is 0.0545. The van der Waals surface area contributed by atoms with Crippen LogP contribution >= 0.6 is 11.3 Å². The van der Waals surface area contributed by atoms with Gasteiger partial charge in [0, 0.05) is 16.6 Å². The van der Waals surface area contributed by atoms with Gasteiger partial charge in [0.15, 0.2) is 0 Å². The van der Waals surface area contributed by atoms with Crippen LogP contribution in [0.5, 0.6) is 5.75 Å². The van der Waals surface area contributed by atoms with Crippen LogP contribution < -0.4 is 15.4 Å². The van der Waals surface area contributed by atoms with E-state index in [1.54, 1.807) is 43.3 Å². The van der Waals surface area contributed by atoms with E-state index in [0.717, 1.165) is 24.8 Å². The standard InChI is InChI=1S/C20H22N4O3S/c1-24(11-18(25)22-13-5-3-6-14(9-13)27-2)12-19(26)23-20-16(10-21)15-7-4-8-17(15)28-20/h3,5-6,9H,4,7-8,11-12H2,1-2H3,(H,22,25)(H,23,26). The van der Waals surface area contributed by atoms with E-state index in [9.17, 15) is 14.9 Å². The quantitative estimate of drug-likeness (QED) is 0.748. The number of nitrogens with zero attached hydrogens (tertiary/aromatic N) is 2. The number of benzene rings is 1.